The van der Waals surface area contributed by atoms with E-state index in [4.69, 9.17) is 4.74 Å². The van der Waals surface area contributed by atoms with Crippen molar-refractivity contribution in [1.29, 1.82) is 0 Å². The first-order valence-electron chi connectivity index (χ1n) is 2.86. The van der Waals surface area contributed by atoms with Gasteiger partial charge in [-0.1, -0.05) is 0 Å². The molecule has 0 amide bonds. The van der Waals surface area contributed by atoms with E-state index in [1.54, 1.807) is 14.2 Å². The van der Waals surface area contributed by atoms with Crippen LogP contribution in [-0.2, 0) is 4.74 Å². The highest BCUT2D eigenvalue weighted by molar-refractivity contribution is 14.1. The molecule has 1 unspecified atom stereocenters. The third kappa shape index (κ3) is 4.95. The first-order chi connectivity index (χ1) is 4.70. The molecule has 4 nitrogen and oxygen atoms in total. The maximum absolute atomic E-state index is 4.92. The molecule has 0 saturated heterocycles. The standard InChI is InChI=1S/C5H12IN3O/c1-4(6)8-9-5(7-2)10-3/h5,7,9H,1-3H3/b8-4+. The van der Waals surface area contributed by atoms with Crippen LogP contribution >= 0.6 is 22.6 Å². The molecule has 10 heavy (non-hydrogen) atoms. The molecule has 60 valence electrons. The number of hydrazone groups is 1. The van der Waals surface area contributed by atoms with E-state index in [-0.39, 0.29) is 6.35 Å². The minimum absolute atomic E-state index is 0.204. The van der Waals surface area contributed by atoms with Gasteiger partial charge in [0.2, 0.25) is 0 Å². The predicted octanol–water partition coefficient (Wildman–Crippen LogP) is 0.494. The molecule has 5 heteroatoms. The summed E-state index contributed by atoms with van der Waals surface area (Å²) < 4.78 is 5.86. The van der Waals surface area contributed by atoms with Gasteiger partial charge in [0.25, 0.3) is 0 Å². The molecule has 0 rings (SSSR count). The van der Waals surface area contributed by atoms with Crippen molar-refractivity contribution in [3.63, 3.8) is 0 Å². The number of methoxy groups -OCH3 is 1. The topological polar surface area (TPSA) is 45.7 Å². The molecule has 1 atom stereocenters. The Balaban J connectivity index is 3.54. The number of rotatable bonds is 4. The van der Waals surface area contributed by atoms with Crippen molar-refractivity contribution in [2.24, 2.45) is 5.10 Å². The largest absolute Gasteiger partial charge is 0.347 e. The zero-order chi connectivity index (χ0) is 7.98. The van der Waals surface area contributed by atoms with Crippen LogP contribution in [0.3, 0.4) is 0 Å². The average Bonchev–Trinajstić information content (AvgIpc) is 1.90. The predicted molar refractivity (Wildman–Crippen MR) is 50.1 cm³/mol. The summed E-state index contributed by atoms with van der Waals surface area (Å²) in [4.78, 5) is 0. The van der Waals surface area contributed by atoms with E-state index in [1.165, 1.54) is 0 Å². The Labute approximate surface area is 74.5 Å². The normalized spacial score (nSPS) is 15.0. The molecule has 2 N–H and O–H groups in total. The summed E-state index contributed by atoms with van der Waals surface area (Å²) in [5.74, 6) is 0. The minimum atomic E-state index is -0.204. The fourth-order valence-corrected chi connectivity index (χ4v) is 0.522. The Hall–Kier alpha value is 0.120. The van der Waals surface area contributed by atoms with Crippen molar-refractivity contribution in [2.75, 3.05) is 14.2 Å². The van der Waals surface area contributed by atoms with E-state index < -0.39 is 0 Å². The smallest absolute Gasteiger partial charge is 0.198 e. The van der Waals surface area contributed by atoms with E-state index in [2.05, 4.69) is 38.4 Å². The van der Waals surface area contributed by atoms with Gasteiger partial charge in [0.1, 0.15) is 0 Å². The van der Waals surface area contributed by atoms with E-state index in [1.807, 2.05) is 6.92 Å². The Morgan fingerprint density at radius 1 is 1.70 bits per heavy atom. The summed E-state index contributed by atoms with van der Waals surface area (Å²) in [6.45, 7) is 1.90. The zero-order valence-corrected chi connectivity index (χ0v) is 8.47. The van der Waals surface area contributed by atoms with Crippen LogP contribution in [0, 0.1) is 0 Å². The van der Waals surface area contributed by atoms with Crippen molar-refractivity contribution in [2.45, 2.75) is 13.3 Å². The Bertz CT molecular complexity index is 109. The molecule has 0 aliphatic rings. The number of nitrogens with one attached hydrogen (secondary N) is 2. The van der Waals surface area contributed by atoms with Gasteiger partial charge in [0.15, 0.2) is 6.35 Å². The number of ether oxygens (including phenoxy) is 1. The van der Waals surface area contributed by atoms with Gasteiger partial charge in [-0.05, 0) is 36.6 Å². The van der Waals surface area contributed by atoms with Crippen molar-refractivity contribution in [3.8, 4) is 0 Å². The zero-order valence-electron chi connectivity index (χ0n) is 6.31. The Morgan fingerprint density at radius 2 is 2.30 bits per heavy atom. The molecular weight excluding hydrogens is 245 g/mol. The highest BCUT2D eigenvalue weighted by Gasteiger charge is 1.97. The lowest BCUT2D eigenvalue weighted by Gasteiger charge is -2.12. The van der Waals surface area contributed by atoms with Gasteiger partial charge in [-0.2, -0.15) is 5.10 Å². The van der Waals surface area contributed by atoms with E-state index in [0.717, 1.165) is 3.72 Å². The van der Waals surface area contributed by atoms with Gasteiger partial charge in [-0.3, -0.25) is 10.7 Å². The maximum atomic E-state index is 4.92. The highest BCUT2D eigenvalue weighted by atomic mass is 127. The monoisotopic (exact) mass is 257 g/mol. The summed E-state index contributed by atoms with van der Waals surface area (Å²) in [5, 5.41) is 6.80. The van der Waals surface area contributed by atoms with Gasteiger partial charge < -0.3 is 4.74 Å². The van der Waals surface area contributed by atoms with E-state index in [9.17, 15) is 0 Å². The van der Waals surface area contributed by atoms with Crippen molar-refractivity contribution >= 4 is 26.3 Å². The summed E-state index contributed by atoms with van der Waals surface area (Å²) in [6, 6.07) is 0. The molecule has 0 aromatic rings. The van der Waals surface area contributed by atoms with Crippen LogP contribution in [0.15, 0.2) is 5.10 Å². The molecule has 0 radical (unpaired) electrons. The van der Waals surface area contributed by atoms with E-state index in [0.29, 0.717) is 0 Å². The summed E-state index contributed by atoms with van der Waals surface area (Å²) >= 11 is 2.11. The van der Waals surface area contributed by atoms with Crippen LogP contribution in [0.25, 0.3) is 0 Å². The quantitative estimate of drug-likeness (QED) is 0.333. The summed E-state index contributed by atoms with van der Waals surface area (Å²) in [7, 11) is 3.39. The number of halogens is 1. The average molecular weight is 257 g/mol. The van der Waals surface area contributed by atoms with Gasteiger partial charge >= 0.3 is 0 Å². The second-order valence-corrected chi connectivity index (χ2v) is 3.20. The third-order valence-electron chi connectivity index (χ3n) is 0.834. The fraction of sp³-hybridized carbons (Fsp3) is 0.800. The van der Waals surface area contributed by atoms with Crippen molar-refractivity contribution < 1.29 is 4.74 Å². The minimum Gasteiger partial charge on any atom is -0.347 e. The number of nitrogens with zero attached hydrogens (tertiary/aromatic N) is 1. The van der Waals surface area contributed by atoms with Crippen LogP contribution < -0.4 is 10.7 Å². The molecule has 0 aromatic heterocycles. The van der Waals surface area contributed by atoms with Crippen molar-refractivity contribution in [1.82, 2.24) is 10.7 Å². The molecule has 0 aliphatic heterocycles. The highest BCUT2D eigenvalue weighted by Crippen LogP contribution is 1.86. The third-order valence-corrected chi connectivity index (χ3v) is 1.07. The SMILES string of the molecule is CNC(N/N=C(\C)I)OC. The molecule has 0 spiro atoms. The van der Waals surface area contributed by atoms with Gasteiger partial charge in [0.05, 0.1) is 3.72 Å². The number of hydrogen-bond acceptors (Lipinski definition) is 4. The van der Waals surface area contributed by atoms with Crippen LogP contribution in [-0.4, -0.2) is 24.2 Å². The molecule has 0 fully saturated rings. The second kappa shape index (κ2) is 5.87. The Morgan fingerprint density at radius 3 is 2.60 bits per heavy atom. The fourth-order valence-electron chi connectivity index (χ4n) is 0.383. The van der Waals surface area contributed by atoms with Crippen LogP contribution in [0.4, 0.5) is 0 Å². The second-order valence-electron chi connectivity index (χ2n) is 1.64. The van der Waals surface area contributed by atoms with Crippen LogP contribution in [0.2, 0.25) is 0 Å². The first kappa shape index (κ1) is 10.1. The van der Waals surface area contributed by atoms with Gasteiger partial charge in [-0.25, -0.2) is 0 Å². The molecule has 0 heterocycles. The van der Waals surface area contributed by atoms with Gasteiger partial charge in [-0.15, -0.1) is 0 Å². The van der Waals surface area contributed by atoms with Crippen LogP contribution in [0.1, 0.15) is 6.92 Å². The first-order valence-corrected chi connectivity index (χ1v) is 3.94. The van der Waals surface area contributed by atoms with Gasteiger partial charge in [0, 0.05) is 7.11 Å². The molecule has 0 bridgehead atoms. The summed E-state index contributed by atoms with van der Waals surface area (Å²) in [6.07, 6.45) is -0.204. The van der Waals surface area contributed by atoms with Crippen molar-refractivity contribution in [3.05, 3.63) is 0 Å². The molecular formula is C5H12IN3O. The lowest BCUT2D eigenvalue weighted by Crippen LogP contribution is -2.38. The lowest BCUT2D eigenvalue weighted by atomic mass is 10.9. The molecule has 0 aliphatic carbocycles. The summed E-state index contributed by atoms with van der Waals surface area (Å²) in [5.41, 5.74) is 2.77. The lowest BCUT2D eigenvalue weighted by molar-refractivity contribution is 0.0536. The van der Waals surface area contributed by atoms with E-state index >= 15 is 0 Å². The molecule has 0 saturated carbocycles. The number of hydrogen-bond donors (Lipinski definition) is 2. The molecule has 0 aromatic carbocycles. The Kier molecular flexibility index (Phi) is 5.94. The maximum Gasteiger partial charge on any atom is 0.198 e. The van der Waals surface area contributed by atoms with Crippen LogP contribution in [0.5, 0.6) is 0 Å².